The summed E-state index contributed by atoms with van der Waals surface area (Å²) in [4.78, 5) is 8.47. The minimum absolute atomic E-state index is 0. The second kappa shape index (κ2) is 9.53. The van der Waals surface area contributed by atoms with Crippen molar-refractivity contribution in [2.75, 3.05) is 6.61 Å². The molecular formula is C24H21ClN4O3. The number of hydrogen-bond acceptors (Lipinski definition) is 6. The molecule has 0 aliphatic heterocycles. The fourth-order valence-corrected chi connectivity index (χ4v) is 3.53. The molecular weight excluding hydrogens is 428 g/mol. The molecule has 0 bridgehead atoms. The summed E-state index contributed by atoms with van der Waals surface area (Å²) >= 11 is 0. The number of hydrogen-bond donors (Lipinski definition) is 1. The molecule has 0 fully saturated rings. The molecule has 162 valence electrons. The van der Waals surface area contributed by atoms with Gasteiger partial charge < -0.3 is 18.8 Å². The molecule has 0 aliphatic rings. The lowest BCUT2D eigenvalue weighted by Gasteiger charge is -2.08. The van der Waals surface area contributed by atoms with Gasteiger partial charge in [0.25, 0.3) is 0 Å². The van der Waals surface area contributed by atoms with Crippen LogP contribution < -0.4 is 10.1 Å². The molecule has 4 aromatic heterocycles. The summed E-state index contributed by atoms with van der Waals surface area (Å²) in [6.07, 6.45) is 9.05. The van der Waals surface area contributed by atoms with E-state index in [0.717, 1.165) is 18.4 Å². The molecule has 7 nitrogen and oxygen atoms in total. The molecule has 8 heteroatoms. The number of aromatic nitrogens is 3. The minimum Gasteiger partial charge on any atom is -0.494 e. The van der Waals surface area contributed by atoms with E-state index in [-0.39, 0.29) is 12.4 Å². The van der Waals surface area contributed by atoms with Crippen LogP contribution in [0, 0.1) is 0 Å². The van der Waals surface area contributed by atoms with Crippen LogP contribution in [0.3, 0.4) is 0 Å². The zero-order chi connectivity index (χ0) is 21.0. The van der Waals surface area contributed by atoms with Gasteiger partial charge in [-0.2, -0.15) is 0 Å². The van der Waals surface area contributed by atoms with Crippen molar-refractivity contribution in [1.29, 1.82) is 0 Å². The van der Waals surface area contributed by atoms with Crippen molar-refractivity contribution in [3.63, 3.8) is 0 Å². The van der Waals surface area contributed by atoms with Crippen molar-refractivity contribution < 1.29 is 14.4 Å². The van der Waals surface area contributed by atoms with E-state index in [1.165, 1.54) is 5.56 Å². The van der Waals surface area contributed by atoms with E-state index in [1.807, 2.05) is 59.1 Å². The Morgan fingerprint density at radius 1 is 1.06 bits per heavy atom. The molecule has 0 amide bonds. The molecule has 5 rings (SSSR count). The average molecular weight is 449 g/mol. The molecule has 0 unspecified atom stereocenters. The Bertz CT molecular complexity index is 1410. The first-order chi connectivity index (χ1) is 15.3. The van der Waals surface area contributed by atoms with Crippen molar-refractivity contribution in [2.24, 2.45) is 5.16 Å². The molecule has 4 heterocycles. The van der Waals surface area contributed by atoms with Crippen LogP contribution in [0.2, 0.25) is 0 Å². The predicted octanol–water partition coefficient (Wildman–Crippen LogP) is 4.87. The van der Waals surface area contributed by atoms with Crippen LogP contribution in [0.25, 0.3) is 27.9 Å². The lowest BCUT2D eigenvalue weighted by Crippen LogP contribution is -2.05. The van der Waals surface area contributed by atoms with Crippen LogP contribution in [-0.4, -0.2) is 26.2 Å². The smallest absolute Gasteiger partial charge is 0.155 e. The Morgan fingerprint density at radius 2 is 1.94 bits per heavy atom. The van der Waals surface area contributed by atoms with Gasteiger partial charge in [0.05, 0.1) is 18.3 Å². The first-order valence-corrected chi connectivity index (χ1v) is 10.0. The Kier molecular flexibility index (Phi) is 6.37. The molecule has 5 aromatic rings. The molecule has 0 aliphatic carbocycles. The molecule has 0 saturated heterocycles. The Hall–Kier alpha value is -3.84. The zero-order valence-electron chi connectivity index (χ0n) is 17.1. The van der Waals surface area contributed by atoms with Crippen molar-refractivity contribution in [1.82, 2.24) is 14.4 Å². The maximum Gasteiger partial charge on any atom is 0.155 e. The topological polar surface area (TPSA) is 85.2 Å². The summed E-state index contributed by atoms with van der Waals surface area (Å²) < 4.78 is 13.9. The van der Waals surface area contributed by atoms with Crippen LogP contribution in [0.15, 0.2) is 89.1 Å². The summed E-state index contributed by atoms with van der Waals surface area (Å²) in [7, 11) is 0. The fourth-order valence-electron chi connectivity index (χ4n) is 3.53. The number of aryl methyl sites for hydroxylation is 1. The second-order valence-electron chi connectivity index (χ2n) is 7.18. The van der Waals surface area contributed by atoms with Gasteiger partial charge in [-0.05, 0) is 66.9 Å². The van der Waals surface area contributed by atoms with Gasteiger partial charge in [0.1, 0.15) is 22.4 Å². The Morgan fingerprint density at radius 3 is 2.78 bits per heavy atom. The molecule has 1 N–H and O–H groups in total. The Balaban J connectivity index is 0.00000245. The molecule has 32 heavy (non-hydrogen) atoms. The number of fused-ring (bicyclic) bond motifs is 2. The summed E-state index contributed by atoms with van der Waals surface area (Å²) in [5, 5.41) is 14.1. The van der Waals surface area contributed by atoms with Gasteiger partial charge in [0.2, 0.25) is 0 Å². The average Bonchev–Trinajstić information content (AvgIpc) is 3.30. The van der Waals surface area contributed by atoms with Gasteiger partial charge in [-0.15, -0.1) is 12.4 Å². The quantitative estimate of drug-likeness (QED) is 0.227. The maximum absolute atomic E-state index is 9.59. The third-order valence-corrected chi connectivity index (χ3v) is 5.12. The third kappa shape index (κ3) is 4.43. The number of nitrogens with zero attached hydrogens (tertiary/aromatic N) is 4. The van der Waals surface area contributed by atoms with Gasteiger partial charge in [-0.25, -0.2) is 4.98 Å². The maximum atomic E-state index is 9.59. The zero-order valence-corrected chi connectivity index (χ0v) is 17.9. The highest BCUT2D eigenvalue weighted by atomic mass is 35.5. The van der Waals surface area contributed by atoms with E-state index < -0.39 is 0 Å². The first-order valence-electron chi connectivity index (χ1n) is 10.0. The lowest BCUT2D eigenvalue weighted by atomic mass is 10.1. The first kappa shape index (κ1) is 21.4. The predicted molar refractivity (Wildman–Crippen MR) is 123 cm³/mol. The number of benzene rings is 1. The fraction of sp³-hybridized carbons (Fsp3) is 0.125. The molecule has 0 radical (unpaired) electrons. The number of rotatable bonds is 6. The highest BCUT2D eigenvalue weighted by Crippen LogP contribution is 2.24. The number of pyridine rings is 1. The molecule has 0 atom stereocenters. The summed E-state index contributed by atoms with van der Waals surface area (Å²) in [6, 6.07) is 17.1. The van der Waals surface area contributed by atoms with Gasteiger partial charge in [-0.1, -0.05) is 5.16 Å². The second-order valence-corrected chi connectivity index (χ2v) is 7.18. The van der Waals surface area contributed by atoms with Crippen LogP contribution in [0.4, 0.5) is 0 Å². The highest BCUT2D eigenvalue weighted by Gasteiger charge is 2.10. The van der Waals surface area contributed by atoms with E-state index in [0.29, 0.717) is 40.1 Å². The van der Waals surface area contributed by atoms with E-state index in [4.69, 9.17) is 9.15 Å². The largest absolute Gasteiger partial charge is 0.494 e. The van der Waals surface area contributed by atoms with Crippen LogP contribution in [0.1, 0.15) is 12.0 Å². The lowest BCUT2D eigenvalue weighted by molar-refractivity contribution is 0.302. The molecule has 0 saturated carbocycles. The Labute approximate surface area is 190 Å². The van der Waals surface area contributed by atoms with Gasteiger partial charge >= 0.3 is 0 Å². The highest BCUT2D eigenvalue weighted by molar-refractivity contribution is 5.85. The van der Waals surface area contributed by atoms with Gasteiger partial charge in [0.15, 0.2) is 5.76 Å². The van der Waals surface area contributed by atoms with E-state index >= 15 is 0 Å². The van der Waals surface area contributed by atoms with E-state index in [2.05, 4.69) is 15.1 Å². The van der Waals surface area contributed by atoms with Gasteiger partial charge in [0, 0.05) is 30.2 Å². The summed E-state index contributed by atoms with van der Waals surface area (Å²) in [6.45, 7) is 0.579. The SMILES string of the molecule is Cl.ON=c1cc(-c2cc3cccn3cn2)oc2ccc(OCCCc3ccncc3)cc12. The van der Waals surface area contributed by atoms with Crippen molar-refractivity contribution in [3.8, 4) is 17.2 Å². The van der Waals surface area contributed by atoms with E-state index in [1.54, 1.807) is 24.8 Å². The van der Waals surface area contributed by atoms with Crippen LogP contribution in [0.5, 0.6) is 5.75 Å². The van der Waals surface area contributed by atoms with Crippen LogP contribution in [-0.2, 0) is 6.42 Å². The standard InChI is InChI=1S/C24H20N4O3.ClH/c29-27-21-15-24(22-13-18-4-1-11-28(18)16-26-22)31-23-6-5-19(14-20(21)23)30-12-2-3-17-7-9-25-10-8-17;/h1,4-11,13-16,29H,2-3,12H2;1H. The minimum atomic E-state index is 0. The van der Waals surface area contributed by atoms with Gasteiger partial charge in [-0.3, -0.25) is 4.98 Å². The number of ether oxygens (including phenoxy) is 1. The third-order valence-electron chi connectivity index (χ3n) is 5.12. The van der Waals surface area contributed by atoms with Crippen molar-refractivity contribution >= 4 is 28.9 Å². The normalized spacial score (nSPS) is 11.6. The van der Waals surface area contributed by atoms with Crippen molar-refractivity contribution in [2.45, 2.75) is 12.8 Å². The van der Waals surface area contributed by atoms with Crippen molar-refractivity contribution in [3.05, 3.63) is 90.4 Å². The number of halogens is 1. The summed E-state index contributed by atoms with van der Waals surface area (Å²) in [5.74, 6) is 1.22. The molecule has 1 aromatic carbocycles. The summed E-state index contributed by atoms with van der Waals surface area (Å²) in [5.41, 5.74) is 3.48. The monoisotopic (exact) mass is 448 g/mol. The molecule has 0 spiro atoms. The van der Waals surface area contributed by atoms with Crippen LogP contribution >= 0.6 is 12.4 Å². The van der Waals surface area contributed by atoms with E-state index in [9.17, 15) is 5.21 Å².